The fourth-order valence-corrected chi connectivity index (χ4v) is 2.46. The summed E-state index contributed by atoms with van der Waals surface area (Å²) in [5.41, 5.74) is 3.00. The lowest BCUT2D eigenvalue weighted by molar-refractivity contribution is -0.131. The van der Waals surface area contributed by atoms with E-state index in [4.69, 9.17) is 5.11 Å². The molecule has 2 nitrogen and oxygen atoms in total. The van der Waals surface area contributed by atoms with Gasteiger partial charge in [0.05, 0.1) is 0 Å². The van der Waals surface area contributed by atoms with Crippen LogP contribution in [0.15, 0.2) is 66.3 Å². The quantitative estimate of drug-likeness (QED) is 0.615. The van der Waals surface area contributed by atoms with Crippen LogP contribution in [-0.2, 0) is 4.79 Å². The van der Waals surface area contributed by atoms with Crippen molar-refractivity contribution in [1.82, 2.24) is 0 Å². The van der Waals surface area contributed by atoms with Crippen LogP contribution in [0, 0.1) is 17.6 Å². The highest BCUT2D eigenvalue weighted by atomic mass is 19.1. The molecule has 0 saturated heterocycles. The third kappa shape index (κ3) is 4.38. The van der Waals surface area contributed by atoms with E-state index in [2.05, 4.69) is 0 Å². The van der Waals surface area contributed by atoms with Crippen molar-refractivity contribution in [3.05, 3.63) is 89.0 Å². The average molecular weight is 328 g/mol. The van der Waals surface area contributed by atoms with Crippen molar-refractivity contribution >= 4 is 11.5 Å². The molecule has 0 atom stereocenters. The highest BCUT2D eigenvalue weighted by Gasteiger charge is 2.14. The monoisotopic (exact) mass is 328 g/mol. The maximum atomic E-state index is 13.3. The van der Waals surface area contributed by atoms with E-state index < -0.39 is 5.97 Å². The summed E-state index contributed by atoms with van der Waals surface area (Å²) in [5.74, 6) is -1.75. The number of benzene rings is 2. The van der Waals surface area contributed by atoms with Crippen molar-refractivity contribution in [1.29, 1.82) is 0 Å². The molecule has 2 rings (SSSR count). The van der Waals surface area contributed by atoms with E-state index in [0.717, 1.165) is 28.3 Å². The zero-order chi connectivity index (χ0) is 17.7. The average Bonchev–Trinajstić information content (AvgIpc) is 2.53. The van der Waals surface area contributed by atoms with Crippen molar-refractivity contribution in [2.24, 2.45) is 5.92 Å². The van der Waals surface area contributed by atoms with Crippen molar-refractivity contribution in [3.63, 3.8) is 0 Å². The number of rotatable bonds is 5. The van der Waals surface area contributed by atoms with Crippen molar-refractivity contribution < 1.29 is 18.7 Å². The van der Waals surface area contributed by atoms with Gasteiger partial charge in [-0.3, -0.25) is 0 Å². The molecule has 0 bridgehead atoms. The van der Waals surface area contributed by atoms with E-state index in [-0.39, 0.29) is 17.6 Å². The Kier molecular flexibility index (Phi) is 5.64. The first kappa shape index (κ1) is 17.6. The molecule has 2 aromatic rings. The largest absolute Gasteiger partial charge is 0.478 e. The first-order chi connectivity index (χ1) is 11.4. The maximum Gasteiger partial charge on any atom is 0.328 e. The molecule has 2 aromatic carbocycles. The molecule has 0 aliphatic rings. The van der Waals surface area contributed by atoms with Crippen LogP contribution >= 0.6 is 0 Å². The van der Waals surface area contributed by atoms with Crippen LogP contribution in [0.3, 0.4) is 0 Å². The first-order valence-corrected chi connectivity index (χ1v) is 7.55. The Morgan fingerprint density at radius 2 is 1.29 bits per heavy atom. The Balaban J connectivity index is 2.71. The standard InChI is InChI=1S/C20H18F2O2/c1-13(2)18(11-12-19(23)24)20(14-3-7-16(21)8-4-14)15-5-9-17(22)10-6-15/h3-13H,1-2H3,(H,23,24)/b12-11+. The molecule has 0 aromatic heterocycles. The Labute approximate surface area is 139 Å². The van der Waals surface area contributed by atoms with Gasteiger partial charge in [-0.05, 0) is 52.5 Å². The summed E-state index contributed by atoms with van der Waals surface area (Å²) in [6, 6.07) is 11.9. The number of halogens is 2. The zero-order valence-electron chi connectivity index (χ0n) is 13.5. The smallest absolute Gasteiger partial charge is 0.328 e. The van der Waals surface area contributed by atoms with E-state index in [1.54, 1.807) is 24.3 Å². The summed E-state index contributed by atoms with van der Waals surface area (Å²) < 4.78 is 26.5. The highest BCUT2D eigenvalue weighted by molar-refractivity contribution is 5.86. The lowest BCUT2D eigenvalue weighted by Crippen LogP contribution is -2.01. The fraction of sp³-hybridized carbons (Fsp3) is 0.150. The number of allylic oxidation sites excluding steroid dienone is 2. The molecule has 0 spiro atoms. The number of carboxylic acid groups (broad SMARTS) is 1. The second-order valence-corrected chi connectivity index (χ2v) is 5.67. The number of aliphatic carboxylic acids is 1. The molecule has 0 saturated carbocycles. The van der Waals surface area contributed by atoms with Gasteiger partial charge >= 0.3 is 5.97 Å². The van der Waals surface area contributed by atoms with Crippen LogP contribution < -0.4 is 0 Å². The third-order valence-corrected chi connectivity index (χ3v) is 3.58. The first-order valence-electron chi connectivity index (χ1n) is 7.55. The third-order valence-electron chi connectivity index (χ3n) is 3.58. The molecule has 0 heterocycles. The van der Waals surface area contributed by atoms with Crippen LogP contribution in [-0.4, -0.2) is 11.1 Å². The Morgan fingerprint density at radius 3 is 1.62 bits per heavy atom. The molecule has 24 heavy (non-hydrogen) atoms. The predicted molar refractivity (Wildman–Crippen MR) is 90.4 cm³/mol. The van der Waals surface area contributed by atoms with Gasteiger partial charge in [0, 0.05) is 6.08 Å². The summed E-state index contributed by atoms with van der Waals surface area (Å²) in [6.45, 7) is 3.88. The summed E-state index contributed by atoms with van der Waals surface area (Å²) >= 11 is 0. The van der Waals surface area contributed by atoms with Crippen LogP contribution in [0.2, 0.25) is 0 Å². The van der Waals surface area contributed by atoms with E-state index in [1.165, 1.54) is 30.3 Å². The van der Waals surface area contributed by atoms with Crippen LogP contribution in [0.1, 0.15) is 25.0 Å². The molecular weight excluding hydrogens is 310 g/mol. The second-order valence-electron chi connectivity index (χ2n) is 5.67. The van der Waals surface area contributed by atoms with Gasteiger partial charge in [-0.2, -0.15) is 0 Å². The maximum absolute atomic E-state index is 13.3. The molecule has 124 valence electrons. The van der Waals surface area contributed by atoms with Crippen molar-refractivity contribution in [3.8, 4) is 0 Å². The molecule has 0 aliphatic carbocycles. The lowest BCUT2D eigenvalue weighted by Gasteiger charge is -2.17. The zero-order valence-corrected chi connectivity index (χ0v) is 13.5. The topological polar surface area (TPSA) is 37.3 Å². The van der Waals surface area contributed by atoms with E-state index in [9.17, 15) is 13.6 Å². The second kappa shape index (κ2) is 7.68. The highest BCUT2D eigenvalue weighted by Crippen LogP contribution is 2.31. The Morgan fingerprint density at radius 1 is 0.875 bits per heavy atom. The lowest BCUT2D eigenvalue weighted by atomic mass is 9.87. The molecule has 0 radical (unpaired) electrons. The summed E-state index contributed by atoms with van der Waals surface area (Å²) in [6.07, 6.45) is 2.61. The van der Waals surface area contributed by atoms with Crippen LogP contribution in [0.25, 0.3) is 5.57 Å². The normalized spacial score (nSPS) is 11.0. The Bertz CT molecular complexity index is 723. The number of hydrogen-bond donors (Lipinski definition) is 1. The summed E-state index contributed by atoms with van der Waals surface area (Å²) in [7, 11) is 0. The van der Waals surface area contributed by atoms with Crippen LogP contribution in [0.4, 0.5) is 8.78 Å². The molecule has 1 N–H and O–H groups in total. The summed E-state index contributed by atoms with van der Waals surface area (Å²) in [4.78, 5) is 10.9. The minimum atomic E-state index is -1.05. The molecule has 0 amide bonds. The van der Waals surface area contributed by atoms with Gasteiger partial charge in [-0.25, -0.2) is 13.6 Å². The number of hydrogen-bond acceptors (Lipinski definition) is 1. The van der Waals surface area contributed by atoms with Crippen LogP contribution in [0.5, 0.6) is 0 Å². The molecule has 4 heteroatoms. The Hall–Kier alpha value is -2.75. The van der Waals surface area contributed by atoms with E-state index >= 15 is 0 Å². The number of carbonyl (C=O) groups is 1. The summed E-state index contributed by atoms with van der Waals surface area (Å²) in [5, 5.41) is 8.93. The van der Waals surface area contributed by atoms with Gasteiger partial charge < -0.3 is 5.11 Å². The minimum Gasteiger partial charge on any atom is -0.478 e. The van der Waals surface area contributed by atoms with Gasteiger partial charge in [0.25, 0.3) is 0 Å². The SMILES string of the molecule is CC(C)C(/C=C/C(=O)O)=C(c1ccc(F)cc1)c1ccc(F)cc1. The predicted octanol–water partition coefficient (Wildman–Crippen LogP) is 5.06. The van der Waals surface area contributed by atoms with Gasteiger partial charge in [-0.1, -0.05) is 44.2 Å². The molecule has 0 aliphatic heterocycles. The van der Waals surface area contributed by atoms with Crippen molar-refractivity contribution in [2.45, 2.75) is 13.8 Å². The van der Waals surface area contributed by atoms with Crippen molar-refractivity contribution in [2.75, 3.05) is 0 Å². The van der Waals surface area contributed by atoms with Gasteiger partial charge in [0.2, 0.25) is 0 Å². The number of carboxylic acids is 1. The van der Waals surface area contributed by atoms with E-state index in [1.807, 2.05) is 13.8 Å². The molecule has 0 unspecified atom stereocenters. The van der Waals surface area contributed by atoms with E-state index in [0.29, 0.717) is 0 Å². The fourth-order valence-electron chi connectivity index (χ4n) is 2.46. The van der Waals surface area contributed by atoms with Gasteiger partial charge in [0.1, 0.15) is 11.6 Å². The van der Waals surface area contributed by atoms with Gasteiger partial charge in [0.15, 0.2) is 0 Å². The molecular formula is C20H18F2O2. The molecule has 0 fully saturated rings. The van der Waals surface area contributed by atoms with Gasteiger partial charge in [-0.15, -0.1) is 0 Å². The minimum absolute atomic E-state index is 0.0192.